The van der Waals surface area contributed by atoms with Crippen LogP contribution in [0.5, 0.6) is 0 Å². The van der Waals surface area contributed by atoms with Gasteiger partial charge < -0.3 is 15.1 Å². The van der Waals surface area contributed by atoms with Crippen LogP contribution in [0.1, 0.15) is 50.3 Å². The number of unbranched alkanes of at least 4 members (excludes halogenated alkanes) is 1. The molecule has 0 unspecified atom stereocenters. The van der Waals surface area contributed by atoms with Crippen molar-refractivity contribution in [1.82, 2.24) is 25.1 Å². The topological polar surface area (TPSA) is 76.2 Å². The van der Waals surface area contributed by atoms with Crippen molar-refractivity contribution in [2.24, 2.45) is 0 Å². The molecule has 2 aromatic carbocycles. The normalized spacial score (nSPS) is 21.6. The van der Waals surface area contributed by atoms with E-state index in [1.165, 1.54) is 0 Å². The zero-order valence-corrected chi connectivity index (χ0v) is 20.8. The Labute approximate surface area is 207 Å². The first-order valence-electron chi connectivity index (χ1n) is 12.4. The van der Waals surface area contributed by atoms with E-state index in [2.05, 4.69) is 12.2 Å². The monoisotopic (exact) mass is 477 g/mol. The molecule has 1 N–H and O–H groups in total. The van der Waals surface area contributed by atoms with Crippen molar-refractivity contribution >= 4 is 17.8 Å². The lowest BCUT2D eigenvalue weighted by Gasteiger charge is -2.55. The Morgan fingerprint density at radius 2 is 1.71 bits per heavy atom. The van der Waals surface area contributed by atoms with Crippen LogP contribution in [0, 0.1) is 0 Å². The number of amides is 4. The van der Waals surface area contributed by atoms with Gasteiger partial charge in [0.15, 0.2) is 0 Å². The molecule has 0 saturated carbocycles. The third-order valence-corrected chi connectivity index (χ3v) is 6.96. The molecule has 2 heterocycles. The number of nitrogens with zero attached hydrogens (tertiary/aromatic N) is 4. The van der Waals surface area contributed by atoms with Crippen LogP contribution in [0.3, 0.4) is 0 Å². The third kappa shape index (κ3) is 5.17. The van der Waals surface area contributed by atoms with Crippen molar-refractivity contribution in [3.63, 3.8) is 0 Å². The Morgan fingerprint density at radius 3 is 2.37 bits per heavy atom. The Kier molecular flexibility index (Phi) is 7.70. The minimum absolute atomic E-state index is 0.0476. The predicted octanol–water partition coefficient (Wildman–Crippen LogP) is 3.38. The summed E-state index contributed by atoms with van der Waals surface area (Å²) < 4.78 is 0. The molecule has 0 aliphatic carbocycles. The van der Waals surface area contributed by atoms with Gasteiger partial charge in [-0.3, -0.25) is 9.59 Å². The van der Waals surface area contributed by atoms with Gasteiger partial charge in [-0.25, -0.2) is 14.8 Å². The Bertz CT molecular complexity index is 1030. The van der Waals surface area contributed by atoms with E-state index in [4.69, 9.17) is 0 Å². The van der Waals surface area contributed by atoms with Crippen LogP contribution >= 0.6 is 0 Å². The van der Waals surface area contributed by atoms with E-state index >= 15 is 0 Å². The summed E-state index contributed by atoms with van der Waals surface area (Å²) in [6.07, 6.45) is 1.77. The number of carbonyl (C=O) groups is 3. The molecular weight excluding hydrogens is 442 g/mol. The summed E-state index contributed by atoms with van der Waals surface area (Å²) in [7, 11) is 1.75. The van der Waals surface area contributed by atoms with E-state index in [-0.39, 0.29) is 37.0 Å². The van der Waals surface area contributed by atoms with Gasteiger partial charge in [0.25, 0.3) is 0 Å². The molecule has 35 heavy (non-hydrogen) atoms. The number of likely N-dealkylation sites (N-methyl/N-ethyl adjacent to an activating group) is 1. The number of urea groups is 1. The van der Waals surface area contributed by atoms with Crippen LogP contribution in [0.15, 0.2) is 60.7 Å². The smallest absolute Gasteiger partial charge is 0.333 e. The first kappa shape index (κ1) is 24.7. The highest BCUT2D eigenvalue weighted by Gasteiger charge is 2.51. The quantitative estimate of drug-likeness (QED) is 0.663. The number of hydrogen-bond acceptors (Lipinski definition) is 4. The molecule has 2 fully saturated rings. The minimum atomic E-state index is -0.578. The van der Waals surface area contributed by atoms with Crippen LogP contribution < -0.4 is 5.32 Å². The average molecular weight is 478 g/mol. The summed E-state index contributed by atoms with van der Waals surface area (Å²) in [5.41, 5.74) is 2.02. The van der Waals surface area contributed by atoms with Crippen LogP contribution in [0.2, 0.25) is 0 Å². The molecule has 2 saturated heterocycles. The minimum Gasteiger partial charge on any atom is -0.333 e. The summed E-state index contributed by atoms with van der Waals surface area (Å²) in [5.74, 6) is -0.167. The van der Waals surface area contributed by atoms with Crippen molar-refractivity contribution in [3.05, 3.63) is 71.8 Å². The van der Waals surface area contributed by atoms with E-state index in [0.29, 0.717) is 13.0 Å². The van der Waals surface area contributed by atoms with Gasteiger partial charge in [0.05, 0.1) is 19.1 Å². The molecule has 2 aliphatic rings. The SMILES string of the molecule is CCCC[C@H]1C(=O)N([C@@H](C)c2ccccc2)C[C@H]2N1C(=O)CN(C)N2C(=O)NCc1ccccc1. The van der Waals surface area contributed by atoms with Crippen molar-refractivity contribution in [2.45, 2.75) is 57.9 Å². The number of carbonyl (C=O) groups excluding carboxylic acids is 3. The standard InChI is InChI=1S/C27H35N5O3/c1-4-5-16-23-26(34)30(20(2)22-14-10-7-11-15-22)18-24-31(23)25(33)19-29(3)32(24)27(35)28-17-21-12-8-6-9-13-21/h6-15,20,23-24H,4-5,16-19H2,1-3H3,(H,28,35)/t20-,23-,24-/m0/s1. The van der Waals surface area contributed by atoms with Crippen LogP contribution in [-0.4, -0.2) is 70.0 Å². The second-order valence-electron chi connectivity index (χ2n) is 9.32. The van der Waals surface area contributed by atoms with Crippen molar-refractivity contribution in [1.29, 1.82) is 0 Å². The third-order valence-electron chi connectivity index (χ3n) is 6.96. The largest absolute Gasteiger partial charge is 0.334 e. The first-order chi connectivity index (χ1) is 16.9. The molecule has 0 bridgehead atoms. The van der Waals surface area contributed by atoms with E-state index < -0.39 is 12.2 Å². The maximum absolute atomic E-state index is 13.7. The van der Waals surface area contributed by atoms with Crippen LogP contribution in [0.4, 0.5) is 4.79 Å². The molecule has 2 aliphatic heterocycles. The number of hydrazine groups is 1. The molecule has 186 valence electrons. The maximum atomic E-state index is 13.7. The second-order valence-corrected chi connectivity index (χ2v) is 9.32. The lowest BCUT2D eigenvalue weighted by Crippen LogP contribution is -2.76. The summed E-state index contributed by atoms with van der Waals surface area (Å²) in [6.45, 7) is 4.77. The molecule has 4 amide bonds. The maximum Gasteiger partial charge on any atom is 0.334 e. The van der Waals surface area contributed by atoms with Gasteiger partial charge in [-0.1, -0.05) is 80.4 Å². The average Bonchev–Trinajstić information content (AvgIpc) is 2.87. The molecule has 4 rings (SSSR count). The fourth-order valence-corrected chi connectivity index (χ4v) is 5.05. The molecular formula is C27H35N5O3. The van der Waals surface area contributed by atoms with Crippen LogP contribution in [0.25, 0.3) is 0 Å². The molecule has 3 atom stereocenters. The van der Waals surface area contributed by atoms with Crippen molar-refractivity contribution in [2.75, 3.05) is 20.1 Å². The summed E-state index contributed by atoms with van der Waals surface area (Å²) >= 11 is 0. The highest BCUT2D eigenvalue weighted by Crippen LogP contribution is 2.32. The first-order valence-corrected chi connectivity index (χ1v) is 12.4. The van der Waals surface area contributed by atoms with E-state index in [0.717, 1.165) is 24.0 Å². The number of hydrogen-bond donors (Lipinski definition) is 1. The lowest BCUT2D eigenvalue weighted by molar-refractivity contribution is -0.189. The van der Waals surface area contributed by atoms with E-state index in [1.54, 1.807) is 22.0 Å². The number of rotatable bonds is 7. The van der Waals surface area contributed by atoms with E-state index in [1.807, 2.05) is 72.5 Å². The highest BCUT2D eigenvalue weighted by molar-refractivity contribution is 5.91. The Hall–Kier alpha value is -3.39. The van der Waals surface area contributed by atoms with Gasteiger partial charge in [0.2, 0.25) is 11.8 Å². The Morgan fingerprint density at radius 1 is 1.06 bits per heavy atom. The summed E-state index contributed by atoms with van der Waals surface area (Å²) in [5, 5.41) is 6.28. The van der Waals surface area contributed by atoms with E-state index in [9.17, 15) is 14.4 Å². The molecule has 0 spiro atoms. The number of nitrogens with one attached hydrogen (secondary N) is 1. The lowest BCUT2D eigenvalue weighted by atomic mass is 9.98. The van der Waals surface area contributed by atoms with Gasteiger partial charge in [-0.2, -0.15) is 0 Å². The summed E-state index contributed by atoms with van der Waals surface area (Å²) in [4.78, 5) is 43.8. The number of benzene rings is 2. The number of piperazine rings is 1. The fraction of sp³-hybridized carbons (Fsp3) is 0.444. The highest BCUT2D eigenvalue weighted by atomic mass is 16.2. The second kappa shape index (κ2) is 10.9. The van der Waals surface area contributed by atoms with Gasteiger partial charge in [0.1, 0.15) is 12.2 Å². The Balaban J connectivity index is 1.63. The molecule has 8 heteroatoms. The molecule has 2 aromatic rings. The fourth-order valence-electron chi connectivity index (χ4n) is 5.05. The van der Waals surface area contributed by atoms with Crippen LogP contribution in [-0.2, 0) is 16.1 Å². The van der Waals surface area contributed by atoms with Gasteiger partial charge in [0, 0.05) is 13.6 Å². The predicted molar refractivity (Wildman–Crippen MR) is 134 cm³/mol. The molecule has 0 aromatic heterocycles. The van der Waals surface area contributed by atoms with Gasteiger partial charge >= 0.3 is 6.03 Å². The molecule has 8 nitrogen and oxygen atoms in total. The molecule has 0 radical (unpaired) electrons. The summed E-state index contributed by atoms with van der Waals surface area (Å²) in [6, 6.07) is 18.6. The van der Waals surface area contributed by atoms with Gasteiger partial charge in [-0.05, 0) is 24.5 Å². The zero-order chi connectivity index (χ0) is 24.9. The number of fused-ring (bicyclic) bond motifs is 1. The zero-order valence-electron chi connectivity index (χ0n) is 20.8. The van der Waals surface area contributed by atoms with Crippen molar-refractivity contribution in [3.8, 4) is 0 Å². The van der Waals surface area contributed by atoms with Gasteiger partial charge in [-0.15, -0.1) is 0 Å². The van der Waals surface area contributed by atoms with Crippen molar-refractivity contribution < 1.29 is 14.4 Å².